The van der Waals surface area contributed by atoms with E-state index in [4.69, 9.17) is 4.74 Å². The number of likely N-dealkylation sites (tertiary alicyclic amines) is 1. The highest BCUT2D eigenvalue weighted by molar-refractivity contribution is 9.12. The van der Waals surface area contributed by atoms with Gasteiger partial charge in [-0.1, -0.05) is 5.92 Å². The second-order valence-electron chi connectivity index (χ2n) is 2.52. The van der Waals surface area contributed by atoms with Crippen LogP contribution in [-0.4, -0.2) is 42.9 Å². The van der Waals surface area contributed by atoms with Crippen molar-refractivity contribution in [2.45, 2.75) is 12.1 Å². The van der Waals surface area contributed by atoms with Crippen molar-refractivity contribution in [2.24, 2.45) is 0 Å². The molecule has 0 saturated carbocycles. The van der Waals surface area contributed by atoms with Gasteiger partial charge in [0.25, 0.3) is 5.91 Å². The number of rotatable bonds is 3. The van der Waals surface area contributed by atoms with Gasteiger partial charge in [0.1, 0.15) is 12.3 Å². The third kappa shape index (κ3) is 1.74. The molecule has 1 heterocycles. The smallest absolute Gasteiger partial charge is 0.255 e. The summed E-state index contributed by atoms with van der Waals surface area (Å²) in [5.41, 5.74) is 0. The molecule has 1 aliphatic heterocycles. The van der Waals surface area contributed by atoms with Crippen LogP contribution in [0.1, 0.15) is 0 Å². The quantitative estimate of drug-likeness (QED) is 0.392. The number of aldehydes is 1. The molecular formula is C8H8BrNO3. The summed E-state index contributed by atoms with van der Waals surface area (Å²) in [6.45, 7) is 0.257. The second kappa shape index (κ2) is 4.40. The number of nitrogens with zero attached hydrogens (tertiary/aromatic N) is 1. The number of hydrogen-bond donors (Lipinski definition) is 0. The Labute approximate surface area is 84.4 Å². The topological polar surface area (TPSA) is 46.6 Å². The maximum absolute atomic E-state index is 11.2. The molecule has 1 aliphatic rings. The summed E-state index contributed by atoms with van der Waals surface area (Å²) in [4.78, 5) is 25.6. The van der Waals surface area contributed by atoms with Gasteiger partial charge in [0.15, 0.2) is 6.10 Å². The van der Waals surface area contributed by atoms with Gasteiger partial charge in [0.05, 0.1) is 6.54 Å². The van der Waals surface area contributed by atoms with Crippen molar-refractivity contribution in [1.82, 2.24) is 4.90 Å². The predicted octanol–water partition coefficient (Wildman–Crippen LogP) is -0.233. The van der Waals surface area contributed by atoms with E-state index in [-0.39, 0.29) is 12.5 Å². The van der Waals surface area contributed by atoms with E-state index < -0.39 is 12.1 Å². The molecule has 0 spiro atoms. The normalized spacial score (nSPS) is 26.0. The van der Waals surface area contributed by atoms with E-state index >= 15 is 0 Å². The van der Waals surface area contributed by atoms with Gasteiger partial charge >= 0.3 is 0 Å². The minimum atomic E-state index is -0.616. The van der Waals surface area contributed by atoms with Crippen LogP contribution < -0.4 is 0 Å². The molecule has 70 valence electrons. The van der Waals surface area contributed by atoms with E-state index in [1.54, 1.807) is 0 Å². The fraction of sp³-hybridized carbons (Fsp3) is 0.500. The summed E-state index contributed by atoms with van der Waals surface area (Å²) in [5.74, 6) is 2.46. The highest BCUT2D eigenvalue weighted by atomic mass is 79.9. The molecule has 0 bridgehead atoms. The van der Waals surface area contributed by atoms with E-state index in [1.165, 1.54) is 12.0 Å². The largest absolute Gasteiger partial charge is 0.369 e. The lowest BCUT2D eigenvalue weighted by molar-refractivity contribution is -0.169. The molecule has 0 aliphatic carbocycles. The SMILES string of the molecule is CO[C@H]1C(=O)N(CC#CBr)[C@H]1C=O. The lowest BCUT2D eigenvalue weighted by Crippen LogP contribution is -2.66. The monoisotopic (exact) mass is 245 g/mol. The van der Waals surface area contributed by atoms with Crippen LogP contribution in [0.4, 0.5) is 0 Å². The molecule has 13 heavy (non-hydrogen) atoms. The van der Waals surface area contributed by atoms with Gasteiger partial charge < -0.3 is 14.4 Å². The zero-order valence-electron chi connectivity index (χ0n) is 6.99. The van der Waals surface area contributed by atoms with Crippen molar-refractivity contribution in [3.8, 4) is 10.8 Å². The zero-order chi connectivity index (χ0) is 9.84. The van der Waals surface area contributed by atoms with E-state index in [0.29, 0.717) is 6.29 Å². The van der Waals surface area contributed by atoms with Gasteiger partial charge in [-0.15, -0.1) is 0 Å². The van der Waals surface area contributed by atoms with Gasteiger partial charge in [0.2, 0.25) is 0 Å². The Morgan fingerprint density at radius 1 is 1.77 bits per heavy atom. The molecule has 1 amide bonds. The zero-order valence-corrected chi connectivity index (χ0v) is 8.58. The molecule has 0 radical (unpaired) electrons. The molecule has 0 aromatic rings. The summed E-state index contributed by atoms with van der Waals surface area (Å²) >= 11 is 2.91. The van der Waals surface area contributed by atoms with Crippen LogP contribution in [0.25, 0.3) is 0 Å². The third-order valence-corrected chi connectivity index (χ3v) is 2.19. The molecule has 0 unspecified atom stereocenters. The molecule has 1 rings (SSSR count). The molecule has 0 N–H and O–H groups in total. The number of carbonyl (C=O) groups excluding carboxylic acids is 2. The number of amides is 1. The summed E-state index contributed by atoms with van der Waals surface area (Å²) in [7, 11) is 1.41. The summed E-state index contributed by atoms with van der Waals surface area (Å²) in [6, 6.07) is -0.481. The van der Waals surface area contributed by atoms with Crippen molar-refractivity contribution in [3.05, 3.63) is 0 Å². The molecule has 1 saturated heterocycles. The van der Waals surface area contributed by atoms with Crippen LogP contribution in [0.3, 0.4) is 0 Å². The van der Waals surface area contributed by atoms with Gasteiger partial charge in [-0.2, -0.15) is 0 Å². The Morgan fingerprint density at radius 2 is 2.46 bits per heavy atom. The fourth-order valence-electron chi connectivity index (χ4n) is 1.22. The summed E-state index contributed by atoms with van der Waals surface area (Å²) in [5, 5.41) is 0. The van der Waals surface area contributed by atoms with Crippen molar-refractivity contribution in [3.63, 3.8) is 0 Å². The minimum absolute atomic E-state index is 0.185. The van der Waals surface area contributed by atoms with Crippen LogP contribution >= 0.6 is 15.9 Å². The number of ether oxygens (including phenoxy) is 1. The first kappa shape index (κ1) is 10.2. The van der Waals surface area contributed by atoms with Crippen molar-refractivity contribution in [2.75, 3.05) is 13.7 Å². The first-order valence-electron chi connectivity index (χ1n) is 3.63. The fourth-order valence-corrected chi connectivity index (χ4v) is 1.35. The number of halogens is 1. The van der Waals surface area contributed by atoms with E-state index in [9.17, 15) is 9.59 Å². The van der Waals surface area contributed by atoms with Crippen LogP contribution in [0, 0.1) is 10.8 Å². The lowest BCUT2D eigenvalue weighted by atomic mass is 10.00. The second-order valence-corrected chi connectivity index (χ2v) is 2.92. The third-order valence-electron chi connectivity index (χ3n) is 1.91. The highest BCUT2D eigenvalue weighted by Gasteiger charge is 2.47. The lowest BCUT2D eigenvalue weighted by Gasteiger charge is -2.41. The van der Waals surface area contributed by atoms with Crippen LogP contribution in [-0.2, 0) is 14.3 Å². The minimum Gasteiger partial charge on any atom is -0.369 e. The maximum atomic E-state index is 11.2. The van der Waals surface area contributed by atoms with E-state index in [0.717, 1.165) is 0 Å². The van der Waals surface area contributed by atoms with Crippen molar-refractivity contribution < 1.29 is 14.3 Å². The first-order chi connectivity index (χ1) is 6.26. The van der Waals surface area contributed by atoms with E-state index in [1.807, 2.05) is 0 Å². The van der Waals surface area contributed by atoms with Crippen LogP contribution in [0.15, 0.2) is 0 Å². The standard InChI is InChI=1S/C8H8BrNO3/c1-13-7-6(5-11)10(8(7)12)4-2-3-9/h5-7H,4H2,1H3/t6-,7+/m0/s1. The van der Waals surface area contributed by atoms with Gasteiger partial charge in [-0.25, -0.2) is 0 Å². The molecule has 2 atom stereocenters. The molecule has 4 nitrogen and oxygen atoms in total. The number of hydrogen-bond acceptors (Lipinski definition) is 3. The Hall–Kier alpha value is -0.860. The van der Waals surface area contributed by atoms with Gasteiger partial charge in [-0.05, 0) is 4.83 Å². The summed E-state index contributed by atoms with van der Waals surface area (Å²) < 4.78 is 4.83. The molecule has 5 heteroatoms. The van der Waals surface area contributed by atoms with Crippen LogP contribution in [0.5, 0.6) is 0 Å². The Kier molecular flexibility index (Phi) is 3.46. The van der Waals surface area contributed by atoms with Gasteiger partial charge in [0, 0.05) is 23.0 Å². The molecule has 0 aromatic heterocycles. The van der Waals surface area contributed by atoms with Crippen molar-refractivity contribution in [1.29, 1.82) is 0 Å². The van der Waals surface area contributed by atoms with Crippen molar-refractivity contribution >= 4 is 28.1 Å². The Bertz CT molecular complexity index is 281. The maximum Gasteiger partial charge on any atom is 0.255 e. The van der Waals surface area contributed by atoms with E-state index in [2.05, 4.69) is 26.7 Å². The first-order valence-corrected chi connectivity index (χ1v) is 4.42. The Morgan fingerprint density at radius 3 is 2.92 bits per heavy atom. The van der Waals surface area contributed by atoms with Gasteiger partial charge in [-0.3, -0.25) is 4.79 Å². The summed E-state index contributed by atoms with van der Waals surface area (Å²) in [6.07, 6.45) is 0.0838. The number of β-lactam (4-membered cyclic amide) rings is 1. The van der Waals surface area contributed by atoms with Crippen LogP contribution in [0.2, 0.25) is 0 Å². The molecular weight excluding hydrogens is 238 g/mol. The Balaban J connectivity index is 2.60. The average Bonchev–Trinajstić information content (AvgIpc) is 2.14. The highest BCUT2D eigenvalue weighted by Crippen LogP contribution is 2.20. The number of carbonyl (C=O) groups is 2. The average molecular weight is 246 g/mol. The predicted molar refractivity (Wildman–Crippen MR) is 49.1 cm³/mol. The number of methoxy groups -OCH3 is 1. The molecule has 0 aromatic carbocycles. The molecule has 1 fully saturated rings.